The van der Waals surface area contributed by atoms with Gasteiger partial charge < -0.3 is 10.3 Å². The molecular formula is C4H9NO2. The Morgan fingerprint density at radius 3 is 2.43 bits per heavy atom. The molecular weight excluding hydrogens is 94.0 g/mol. The molecule has 7 heavy (non-hydrogen) atoms. The van der Waals surface area contributed by atoms with Crippen LogP contribution in [-0.4, -0.2) is 34.6 Å². The summed E-state index contributed by atoms with van der Waals surface area (Å²) < 4.78 is 0. The number of β-amino-alcohol motifs (C(OH)–C–C–N with tert-alkyl or cyclic N) is 1. The third-order valence-electron chi connectivity index (χ3n) is 1.14. The summed E-state index contributed by atoms with van der Waals surface area (Å²) in [5.74, 6) is 0. The fourth-order valence-electron chi connectivity index (χ4n) is 0.724. The molecule has 3 nitrogen and oxygen atoms in total. The molecule has 1 saturated heterocycles. The van der Waals surface area contributed by atoms with Crippen LogP contribution in [0.1, 0.15) is 6.42 Å². The molecule has 0 aromatic carbocycles. The van der Waals surface area contributed by atoms with E-state index in [1.807, 2.05) is 0 Å². The lowest BCUT2D eigenvalue weighted by Crippen LogP contribution is -2.16. The molecule has 0 saturated carbocycles. The predicted octanol–water partition coefficient (Wildman–Crippen LogP) is -0.558. The van der Waals surface area contributed by atoms with Crippen LogP contribution in [0.25, 0.3) is 0 Å². The van der Waals surface area contributed by atoms with Crippen LogP contribution in [-0.2, 0) is 0 Å². The summed E-state index contributed by atoms with van der Waals surface area (Å²) in [5.41, 5.74) is 0. The first-order valence-corrected chi connectivity index (χ1v) is 2.41. The van der Waals surface area contributed by atoms with E-state index in [1.54, 1.807) is 0 Å². The van der Waals surface area contributed by atoms with Crippen molar-refractivity contribution in [2.24, 2.45) is 0 Å². The first-order valence-electron chi connectivity index (χ1n) is 2.41. The van der Waals surface area contributed by atoms with Gasteiger partial charge in [-0.15, -0.1) is 0 Å². The van der Waals surface area contributed by atoms with E-state index >= 15 is 0 Å². The quantitative estimate of drug-likeness (QED) is 0.432. The molecule has 0 aliphatic carbocycles. The molecule has 1 aliphatic heterocycles. The molecule has 0 aromatic rings. The molecule has 3 heteroatoms. The highest BCUT2D eigenvalue weighted by atomic mass is 16.5. The van der Waals surface area contributed by atoms with Gasteiger partial charge in [0, 0.05) is 13.1 Å². The highest BCUT2D eigenvalue weighted by Gasteiger charge is 2.16. The number of hydroxylamine groups is 2. The van der Waals surface area contributed by atoms with Gasteiger partial charge in [0.2, 0.25) is 0 Å². The van der Waals surface area contributed by atoms with Crippen LogP contribution >= 0.6 is 0 Å². The number of hydrogen-bond acceptors (Lipinski definition) is 3. The van der Waals surface area contributed by atoms with Gasteiger partial charge >= 0.3 is 0 Å². The van der Waals surface area contributed by atoms with E-state index in [0.717, 1.165) is 5.06 Å². The summed E-state index contributed by atoms with van der Waals surface area (Å²) in [6.45, 7) is 1.03. The summed E-state index contributed by atoms with van der Waals surface area (Å²) >= 11 is 0. The Labute approximate surface area is 42.1 Å². The Kier molecular flexibility index (Phi) is 1.27. The summed E-state index contributed by atoms with van der Waals surface area (Å²) in [7, 11) is 0. The Balaban J connectivity index is 2.26. The van der Waals surface area contributed by atoms with Crippen molar-refractivity contribution in [2.45, 2.75) is 12.5 Å². The second-order valence-corrected chi connectivity index (χ2v) is 1.86. The minimum Gasteiger partial charge on any atom is -0.392 e. The summed E-state index contributed by atoms with van der Waals surface area (Å²) in [6, 6.07) is 0. The lowest BCUT2D eigenvalue weighted by atomic mass is 10.3. The molecule has 0 amide bonds. The number of aliphatic hydroxyl groups is 1. The van der Waals surface area contributed by atoms with Crippen molar-refractivity contribution < 1.29 is 10.3 Å². The van der Waals surface area contributed by atoms with Gasteiger partial charge in [0.15, 0.2) is 0 Å². The largest absolute Gasteiger partial charge is 0.392 e. The van der Waals surface area contributed by atoms with Crippen LogP contribution in [0.3, 0.4) is 0 Å². The van der Waals surface area contributed by atoms with Crippen LogP contribution in [0.4, 0.5) is 0 Å². The lowest BCUT2D eigenvalue weighted by molar-refractivity contribution is -0.0759. The molecule has 1 aliphatic rings. The van der Waals surface area contributed by atoms with E-state index in [1.165, 1.54) is 0 Å². The van der Waals surface area contributed by atoms with Crippen LogP contribution in [0.5, 0.6) is 0 Å². The zero-order valence-electron chi connectivity index (χ0n) is 4.04. The number of hydrogen-bond donors (Lipinski definition) is 2. The van der Waals surface area contributed by atoms with Gasteiger partial charge in [-0.05, 0) is 6.42 Å². The van der Waals surface area contributed by atoms with Crippen LogP contribution < -0.4 is 0 Å². The fourth-order valence-corrected chi connectivity index (χ4v) is 0.724. The van der Waals surface area contributed by atoms with Crippen molar-refractivity contribution in [1.29, 1.82) is 0 Å². The molecule has 0 bridgehead atoms. The van der Waals surface area contributed by atoms with E-state index in [2.05, 4.69) is 0 Å². The molecule has 1 unspecified atom stereocenters. The van der Waals surface area contributed by atoms with E-state index in [-0.39, 0.29) is 6.10 Å². The molecule has 0 radical (unpaired) electrons. The van der Waals surface area contributed by atoms with Gasteiger partial charge in [-0.25, -0.2) is 0 Å². The lowest BCUT2D eigenvalue weighted by Gasteiger charge is -2.00. The van der Waals surface area contributed by atoms with E-state index in [0.29, 0.717) is 19.5 Å². The van der Waals surface area contributed by atoms with E-state index in [4.69, 9.17) is 10.3 Å². The van der Waals surface area contributed by atoms with Crippen molar-refractivity contribution >= 4 is 0 Å². The fraction of sp³-hybridized carbons (Fsp3) is 1.00. The van der Waals surface area contributed by atoms with Crippen molar-refractivity contribution in [2.75, 3.05) is 13.1 Å². The molecule has 1 heterocycles. The smallest absolute Gasteiger partial charge is 0.0703 e. The van der Waals surface area contributed by atoms with Gasteiger partial charge in [0.05, 0.1) is 6.10 Å². The highest BCUT2D eigenvalue weighted by Crippen LogP contribution is 2.03. The maximum Gasteiger partial charge on any atom is 0.0703 e. The van der Waals surface area contributed by atoms with Crippen molar-refractivity contribution in [3.63, 3.8) is 0 Å². The van der Waals surface area contributed by atoms with Crippen LogP contribution in [0.15, 0.2) is 0 Å². The minimum atomic E-state index is -0.301. The topological polar surface area (TPSA) is 43.7 Å². The summed E-state index contributed by atoms with van der Waals surface area (Å²) in [4.78, 5) is 0. The zero-order valence-corrected chi connectivity index (χ0v) is 4.04. The second kappa shape index (κ2) is 1.78. The molecule has 0 aromatic heterocycles. The Bertz CT molecular complexity index is 58.7. The van der Waals surface area contributed by atoms with Gasteiger partial charge in [-0.2, -0.15) is 5.06 Å². The minimum absolute atomic E-state index is 0.301. The number of nitrogens with zero attached hydrogens (tertiary/aromatic N) is 1. The molecule has 42 valence electrons. The molecule has 0 spiro atoms. The average molecular weight is 103 g/mol. The summed E-state index contributed by atoms with van der Waals surface area (Å²) in [6.07, 6.45) is 0.404. The summed E-state index contributed by atoms with van der Waals surface area (Å²) in [5, 5.41) is 18.4. The van der Waals surface area contributed by atoms with E-state index < -0.39 is 0 Å². The molecule has 1 atom stereocenters. The van der Waals surface area contributed by atoms with Crippen molar-refractivity contribution in [3.05, 3.63) is 0 Å². The molecule has 2 N–H and O–H groups in total. The van der Waals surface area contributed by atoms with Crippen molar-refractivity contribution in [1.82, 2.24) is 5.06 Å². The Hall–Kier alpha value is -0.120. The Morgan fingerprint density at radius 2 is 2.29 bits per heavy atom. The number of aliphatic hydroxyl groups excluding tert-OH is 1. The SMILES string of the molecule is OC1CCN(O)C1. The average Bonchev–Trinajstić information content (AvgIpc) is 1.87. The van der Waals surface area contributed by atoms with Crippen molar-refractivity contribution in [3.8, 4) is 0 Å². The normalized spacial score (nSPS) is 34.3. The second-order valence-electron chi connectivity index (χ2n) is 1.86. The molecule has 1 fully saturated rings. The van der Waals surface area contributed by atoms with Crippen LogP contribution in [0.2, 0.25) is 0 Å². The predicted molar refractivity (Wildman–Crippen MR) is 24.0 cm³/mol. The first-order chi connectivity index (χ1) is 3.29. The monoisotopic (exact) mass is 103 g/mol. The number of rotatable bonds is 0. The third kappa shape index (κ3) is 1.12. The van der Waals surface area contributed by atoms with Gasteiger partial charge in [-0.3, -0.25) is 0 Å². The Morgan fingerprint density at radius 1 is 1.57 bits per heavy atom. The highest BCUT2D eigenvalue weighted by molar-refractivity contribution is 4.66. The van der Waals surface area contributed by atoms with Crippen LogP contribution in [0, 0.1) is 0 Å². The van der Waals surface area contributed by atoms with E-state index in [9.17, 15) is 0 Å². The first kappa shape index (κ1) is 5.03. The third-order valence-corrected chi connectivity index (χ3v) is 1.14. The maximum atomic E-state index is 8.70. The van der Waals surface area contributed by atoms with Gasteiger partial charge in [-0.1, -0.05) is 0 Å². The maximum absolute atomic E-state index is 8.70. The standard InChI is InChI=1S/C4H9NO2/c6-4-1-2-5(7)3-4/h4,6-7H,1-3H2. The molecule has 1 rings (SSSR count). The zero-order chi connectivity index (χ0) is 5.28. The van der Waals surface area contributed by atoms with Gasteiger partial charge in [0.25, 0.3) is 0 Å². The van der Waals surface area contributed by atoms with Gasteiger partial charge in [0.1, 0.15) is 0 Å².